The van der Waals surface area contributed by atoms with E-state index < -0.39 is 10.0 Å². The summed E-state index contributed by atoms with van der Waals surface area (Å²) in [7, 11) is -3.49. The average Bonchev–Trinajstić information content (AvgIpc) is 3.13. The van der Waals surface area contributed by atoms with Crippen molar-refractivity contribution in [2.45, 2.75) is 43.7 Å². The van der Waals surface area contributed by atoms with Gasteiger partial charge in [0.1, 0.15) is 4.90 Å². The van der Waals surface area contributed by atoms with Crippen molar-refractivity contribution in [1.29, 1.82) is 0 Å². The van der Waals surface area contributed by atoms with Gasteiger partial charge in [-0.25, -0.2) is 13.1 Å². The number of aromatic nitrogens is 2. The van der Waals surface area contributed by atoms with Crippen LogP contribution in [0, 0.1) is 0 Å². The van der Waals surface area contributed by atoms with Gasteiger partial charge >= 0.3 is 0 Å². The predicted molar refractivity (Wildman–Crippen MR) is 79.6 cm³/mol. The summed E-state index contributed by atoms with van der Waals surface area (Å²) in [5.41, 5.74) is 0. The Hall–Kier alpha value is -0.960. The van der Waals surface area contributed by atoms with Gasteiger partial charge in [0, 0.05) is 25.9 Å². The summed E-state index contributed by atoms with van der Waals surface area (Å²) in [6.07, 6.45) is 5.78. The van der Waals surface area contributed by atoms with Gasteiger partial charge in [0.15, 0.2) is 0 Å². The molecule has 1 atom stereocenters. The second kappa shape index (κ2) is 7.88. The Bertz CT molecular complexity index is 523. The fourth-order valence-electron chi connectivity index (χ4n) is 2.24. The summed E-state index contributed by atoms with van der Waals surface area (Å²) in [6.45, 7) is 5.64. The van der Waals surface area contributed by atoms with E-state index in [-0.39, 0.29) is 11.0 Å². The minimum atomic E-state index is -3.49. The lowest BCUT2D eigenvalue weighted by Crippen LogP contribution is -2.31. The predicted octanol–water partition coefficient (Wildman–Crippen LogP) is 0.340. The first-order valence-electron chi connectivity index (χ1n) is 7.46. The fraction of sp³-hybridized carbons (Fsp3) is 0.769. The second-order valence-electron chi connectivity index (χ2n) is 5.13. The van der Waals surface area contributed by atoms with Crippen LogP contribution in [0.3, 0.4) is 0 Å². The third-order valence-corrected chi connectivity index (χ3v) is 4.81. The number of hydrogen-bond donors (Lipinski definition) is 2. The highest BCUT2D eigenvalue weighted by atomic mass is 32.2. The molecule has 21 heavy (non-hydrogen) atoms. The zero-order valence-corrected chi connectivity index (χ0v) is 13.2. The molecule has 0 bridgehead atoms. The molecule has 1 aromatic heterocycles. The maximum Gasteiger partial charge on any atom is 0.243 e. The lowest BCUT2D eigenvalue weighted by molar-refractivity contribution is 0.114. The molecular formula is C13H24N4O3S. The van der Waals surface area contributed by atoms with E-state index in [1.807, 2.05) is 0 Å². The largest absolute Gasteiger partial charge is 0.377 e. The number of hydrogen-bond acceptors (Lipinski definition) is 5. The number of sulfonamides is 1. The first-order valence-corrected chi connectivity index (χ1v) is 8.94. The van der Waals surface area contributed by atoms with Gasteiger partial charge in [-0.2, -0.15) is 5.10 Å². The molecule has 1 fully saturated rings. The third-order valence-electron chi connectivity index (χ3n) is 3.44. The monoisotopic (exact) mass is 316 g/mol. The molecule has 120 valence electrons. The minimum Gasteiger partial charge on any atom is -0.377 e. The number of nitrogens with one attached hydrogen (secondary N) is 2. The quantitative estimate of drug-likeness (QED) is 0.642. The van der Waals surface area contributed by atoms with E-state index in [1.165, 1.54) is 6.20 Å². The first kappa shape index (κ1) is 16.4. The van der Waals surface area contributed by atoms with Crippen LogP contribution in [0.15, 0.2) is 17.3 Å². The summed E-state index contributed by atoms with van der Waals surface area (Å²) in [6, 6.07) is 0. The minimum absolute atomic E-state index is 0.00469. The SMILES string of the molecule is CCNCCCn1cc(S(=O)(=O)NCC2CCCO2)cn1. The maximum absolute atomic E-state index is 12.1. The van der Waals surface area contributed by atoms with Crippen LogP contribution in [0.25, 0.3) is 0 Å². The summed E-state index contributed by atoms with van der Waals surface area (Å²) in [5, 5.41) is 7.32. The van der Waals surface area contributed by atoms with Gasteiger partial charge in [0.2, 0.25) is 10.0 Å². The van der Waals surface area contributed by atoms with Crippen LogP contribution in [-0.4, -0.2) is 50.5 Å². The van der Waals surface area contributed by atoms with E-state index in [0.717, 1.165) is 39.0 Å². The first-order chi connectivity index (χ1) is 10.1. The molecule has 0 radical (unpaired) electrons. The Kier molecular flexibility index (Phi) is 6.16. The van der Waals surface area contributed by atoms with Gasteiger partial charge in [0.05, 0.1) is 12.3 Å². The molecule has 1 aromatic rings. The normalized spacial score (nSPS) is 19.2. The van der Waals surface area contributed by atoms with E-state index in [4.69, 9.17) is 4.74 Å². The highest BCUT2D eigenvalue weighted by Crippen LogP contribution is 2.13. The van der Waals surface area contributed by atoms with Crippen molar-refractivity contribution in [2.24, 2.45) is 0 Å². The lowest BCUT2D eigenvalue weighted by Gasteiger charge is -2.10. The molecule has 1 aliphatic heterocycles. The van der Waals surface area contributed by atoms with E-state index in [0.29, 0.717) is 13.1 Å². The van der Waals surface area contributed by atoms with E-state index in [1.54, 1.807) is 10.9 Å². The standard InChI is InChI=1S/C13H24N4O3S/c1-2-14-6-4-7-17-11-13(10-15-17)21(18,19)16-9-12-5-3-8-20-12/h10-12,14,16H,2-9H2,1H3. The topological polar surface area (TPSA) is 85.2 Å². The maximum atomic E-state index is 12.1. The zero-order chi connectivity index (χ0) is 15.1. The Morgan fingerprint density at radius 1 is 1.52 bits per heavy atom. The Balaban J connectivity index is 1.83. The smallest absolute Gasteiger partial charge is 0.243 e. The van der Waals surface area contributed by atoms with Gasteiger partial charge in [0.25, 0.3) is 0 Å². The molecule has 0 amide bonds. The van der Waals surface area contributed by atoms with Crippen LogP contribution in [0.2, 0.25) is 0 Å². The number of nitrogens with zero attached hydrogens (tertiary/aromatic N) is 2. The lowest BCUT2D eigenvalue weighted by atomic mass is 10.2. The Morgan fingerprint density at radius 2 is 2.38 bits per heavy atom. The number of rotatable bonds is 9. The van der Waals surface area contributed by atoms with E-state index >= 15 is 0 Å². The van der Waals surface area contributed by atoms with Crippen molar-refractivity contribution in [3.63, 3.8) is 0 Å². The molecule has 1 unspecified atom stereocenters. The Labute approximate surface area is 126 Å². The second-order valence-corrected chi connectivity index (χ2v) is 6.90. The van der Waals surface area contributed by atoms with E-state index in [2.05, 4.69) is 22.1 Å². The highest BCUT2D eigenvalue weighted by molar-refractivity contribution is 7.89. The molecule has 2 rings (SSSR count). The third kappa shape index (κ3) is 5.06. The van der Waals surface area contributed by atoms with Crippen LogP contribution in [0.4, 0.5) is 0 Å². The van der Waals surface area contributed by atoms with Gasteiger partial charge in [-0.15, -0.1) is 0 Å². The summed E-state index contributed by atoms with van der Waals surface area (Å²) in [5.74, 6) is 0. The highest BCUT2D eigenvalue weighted by Gasteiger charge is 2.21. The van der Waals surface area contributed by atoms with Gasteiger partial charge in [-0.3, -0.25) is 4.68 Å². The molecule has 1 aliphatic rings. The fourth-order valence-corrected chi connectivity index (χ4v) is 3.26. The molecule has 8 heteroatoms. The molecule has 1 saturated heterocycles. The van der Waals surface area contributed by atoms with Crippen LogP contribution >= 0.6 is 0 Å². The van der Waals surface area contributed by atoms with Gasteiger partial charge in [-0.05, 0) is 32.4 Å². The molecular weight excluding hydrogens is 292 g/mol. The van der Waals surface area contributed by atoms with Crippen molar-refractivity contribution in [3.05, 3.63) is 12.4 Å². The van der Waals surface area contributed by atoms with Gasteiger partial charge in [-0.1, -0.05) is 6.92 Å². The number of ether oxygens (including phenoxy) is 1. The average molecular weight is 316 g/mol. The summed E-state index contributed by atoms with van der Waals surface area (Å²) >= 11 is 0. The van der Waals surface area contributed by atoms with Crippen molar-refractivity contribution >= 4 is 10.0 Å². The molecule has 0 aliphatic carbocycles. The van der Waals surface area contributed by atoms with Crippen molar-refractivity contribution < 1.29 is 13.2 Å². The van der Waals surface area contributed by atoms with Crippen molar-refractivity contribution in [3.8, 4) is 0 Å². The molecule has 2 heterocycles. The van der Waals surface area contributed by atoms with Crippen LogP contribution in [0.5, 0.6) is 0 Å². The zero-order valence-electron chi connectivity index (χ0n) is 12.4. The van der Waals surface area contributed by atoms with Crippen molar-refractivity contribution in [2.75, 3.05) is 26.2 Å². The van der Waals surface area contributed by atoms with Gasteiger partial charge < -0.3 is 10.1 Å². The van der Waals surface area contributed by atoms with Crippen molar-refractivity contribution in [1.82, 2.24) is 19.8 Å². The van der Waals surface area contributed by atoms with E-state index in [9.17, 15) is 8.42 Å². The summed E-state index contributed by atoms with van der Waals surface area (Å²) in [4.78, 5) is 0.212. The van der Waals surface area contributed by atoms with Crippen LogP contribution in [-0.2, 0) is 21.3 Å². The van der Waals surface area contributed by atoms with Crippen LogP contribution in [0.1, 0.15) is 26.2 Å². The Morgan fingerprint density at radius 3 is 3.10 bits per heavy atom. The molecule has 0 aromatic carbocycles. The molecule has 2 N–H and O–H groups in total. The summed E-state index contributed by atoms with van der Waals surface area (Å²) < 4.78 is 34.0. The molecule has 0 saturated carbocycles. The molecule has 0 spiro atoms. The van der Waals surface area contributed by atoms with Crippen LogP contribution < -0.4 is 10.0 Å². The molecule has 7 nitrogen and oxygen atoms in total. The number of aryl methyl sites for hydroxylation is 1.